The zero-order valence-corrected chi connectivity index (χ0v) is 14.2. The third-order valence-electron chi connectivity index (χ3n) is 4.26. The quantitative estimate of drug-likeness (QED) is 0.879. The van der Waals surface area contributed by atoms with Gasteiger partial charge in [0.05, 0.1) is 6.61 Å². The van der Waals surface area contributed by atoms with Crippen LogP contribution in [0.2, 0.25) is 0 Å². The lowest BCUT2D eigenvalue weighted by atomic mass is 9.90. The van der Waals surface area contributed by atoms with Crippen molar-refractivity contribution < 1.29 is 14.3 Å². The molecule has 0 fully saturated rings. The molecule has 1 unspecified atom stereocenters. The van der Waals surface area contributed by atoms with E-state index < -0.39 is 0 Å². The third-order valence-corrected chi connectivity index (χ3v) is 4.26. The van der Waals surface area contributed by atoms with Gasteiger partial charge in [0, 0.05) is 24.2 Å². The Labute approximate surface area is 147 Å². The summed E-state index contributed by atoms with van der Waals surface area (Å²) in [6.07, 6.45) is 1.22. The van der Waals surface area contributed by atoms with Crippen LogP contribution in [0.1, 0.15) is 41.6 Å². The maximum absolute atomic E-state index is 12.4. The van der Waals surface area contributed by atoms with Gasteiger partial charge in [0.2, 0.25) is 5.91 Å². The van der Waals surface area contributed by atoms with Crippen molar-refractivity contribution in [1.82, 2.24) is 5.32 Å². The van der Waals surface area contributed by atoms with Gasteiger partial charge >= 0.3 is 0 Å². The summed E-state index contributed by atoms with van der Waals surface area (Å²) < 4.78 is 5.64. The lowest BCUT2D eigenvalue weighted by Gasteiger charge is -2.25. The summed E-state index contributed by atoms with van der Waals surface area (Å²) >= 11 is 0. The number of benzene rings is 2. The van der Waals surface area contributed by atoms with Gasteiger partial charge in [-0.15, -0.1) is 0 Å². The molecule has 1 aliphatic heterocycles. The van der Waals surface area contributed by atoms with Crippen LogP contribution in [0.3, 0.4) is 0 Å². The lowest BCUT2D eigenvalue weighted by molar-refractivity contribution is -0.116. The molecule has 5 nitrogen and oxygen atoms in total. The molecular formula is C20H22N2O3. The second kappa shape index (κ2) is 7.83. The van der Waals surface area contributed by atoms with E-state index in [0.29, 0.717) is 30.8 Å². The fourth-order valence-electron chi connectivity index (χ4n) is 3.06. The summed E-state index contributed by atoms with van der Waals surface area (Å²) in [5, 5.41) is 5.65. The number of rotatable bonds is 5. The topological polar surface area (TPSA) is 67.4 Å². The Balaban J connectivity index is 1.66. The molecule has 0 aliphatic carbocycles. The van der Waals surface area contributed by atoms with Crippen molar-refractivity contribution in [2.75, 3.05) is 18.5 Å². The molecular weight excluding hydrogens is 316 g/mol. The highest BCUT2D eigenvalue weighted by atomic mass is 16.5. The van der Waals surface area contributed by atoms with E-state index in [0.717, 1.165) is 17.7 Å². The Morgan fingerprint density at radius 2 is 2.00 bits per heavy atom. The predicted molar refractivity (Wildman–Crippen MR) is 97.0 cm³/mol. The number of fused-ring (bicyclic) bond motifs is 1. The Morgan fingerprint density at radius 3 is 2.84 bits per heavy atom. The first kappa shape index (κ1) is 17.0. The molecule has 0 bridgehead atoms. The van der Waals surface area contributed by atoms with Crippen LogP contribution in [-0.2, 0) is 4.79 Å². The minimum atomic E-state index is -0.142. The third kappa shape index (κ3) is 4.18. The number of nitrogens with one attached hydrogen (secondary N) is 2. The largest absolute Gasteiger partial charge is 0.493 e. The van der Waals surface area contributed by atoms with Crippen molar-refractivity contribution in [2.24, 2.45) is 0 Å². The van der Waals surface area contributed by atoms with E-state index in [9.17, 15) is 9.59 Å². The summed E-state index contributed by atoms with van der Waals surface area (Å²) in [7, 11) is 0. The summed E-state index contributed by atoms with van der Waals surface area (Å²) in [5.41, 5.74) is 2.25. The normalized spacial score (nSPS) is 15.6. The standard InChI is InChI=1S/C20H22N2O3/c1-2-21-20(24)15-6-5-7-16(12-15)22-19(23)13-14-10-11-25-18-9-4-3-8-17(14)18/h3-9,12,14H,2,10-11,13H2,1H3,(H,21,24)(H,22,23). The van der Waals surface area contributed by atoms with Crippen molar-refractivity contribution in [2.45, 2.75) is 25.7 Å². The number of carbonyl (C=O) groups excluding carboxylic acids is 2. The van der Waals surface area contributed by atoms with Gasteiger partial charge < -0.3 is 15.4 Å². The molecule has 0 spiro atoms. The Morgan fingerprint density at radius 1 is 1.16 bits per heavy atom. The number of hydrogen-bond donors (Lipinski definition) is 2. The monoisotopic (exact) mass is 338 g/mol. The molecule has 130 valence electrons. The molecule has 0 aromatic heterocycles. The Kier molecular flexibility index (Phi) is 5.33. The Bertz CT molecular complexity index is 773. The molecule has 2 aromatic carbocycles. The predicted octanol–water partition coefficient (Wildman–Crippen LogP) is 3.33. The highest BCUT2D eigenvalue weighted by Gasteiger charge is 2.23. The van der Waals surface area contributed by atoms with Crippen LogP contribution in [0.15, 0.2) is 48.5 Å². The van der Waals surface area contributed by atoms with E-state index >= 15 is 0 Å². The van der Waals surface area contributed by atoms with Gasteiger partial charge in [-0.2, -0.15) is 0 Å². The second-order valence-corrected chi connectivity index (χ2v) is 6.06. The average molecular weight is 338 g/mol. The van der Waals surface area contributed by atoms with E-state index in [1.165, 1.54) is 0 Å². The van der Waals surface area contributed by atoms with Crippen LogP contribution < -0.4 is 15.4 Å². The van der Waals surface area contributed by atoms with Crippen LogP contribution in [0.4, 0.5) is 5.69 Å². The molecule has 2 aromatic rings. The summed E-state index contributed by atoms with van der Waals surface area (Å²) in [4.78, 5) is 24.3. The van der Waals surface area contributed by atoms with E-state index in [4.69, 9.17) is 4.74 Å². The highest BCUT2D eigenvalue weighted by molar-refractivity contribution is 5.97. The minimum absolute atomic E-state index is 0.0604. The van der Waals surface area contributed by atoms with Gasteiger partial charge in [0.25, 0.3) is 5.91 Å². The first-order valence-corrected chi connectivity index (χ1v) is 8.57. The molecule has 2 amide bonds. The van der Waals surface area contributed by atoms with E-state index in [-0.39, 0.29) is 17.7 Å². The fraction of sp³-hybridized carbons (Fsp3) is 0.300. The number of ether oxygens (including phenoxy) is 1. The number of carbonyl (C=O) groups is 2. The molecule has 0 saturated heterocycles. The van der Waals surface area contributed by atoms with Gasteiger partial charge in [0.1, 0.15) is 5.75 Å². The fourth-order valence-corrected chi connectivity index (χ4v) is 3.06. The summed E-state index contributed by atoms with van der Waals surface area (Å²) in [6.45, 7) is 3.06. The van der Waals surface area contributed by atoms with Gasteiger partial charge in [-0.25, -0.2) is 0 Å². The van der Waals surface area contributed by atoms with Crippen LogP contribution >= 0.6 is 0 Å². The molecule has 25 heavy (non-hydrogen) atoms. The Hall–Kier alpha value is -2.82. The summed E-state index contributed by atoms with van der Waals surface area (Å²) in [5.74, 6) is 0.813. The van der Waals surface area contributed by atoms with Crippen molar-refractivity contribution in [3.63, 3.8) is 0 Å². The number of hydrogen-bond acceptors (Lipinski definition) is 3. The summed E-state index contributed by atoms with van der Waals surface area (Å²) in [6, 6.07) is 14.8. The average Bonchev–Trinajstić information content (AvgIpc) is 2.62. The van der Waals surface area contributed by atoms with Crippen molar-refractivity contribution >= 4 is 17.5 Å². The molecule has 0 radical (unpaired) electrons. The van der Waals surface area contributed by atoms with Gasteiger partial charge in [-0.3, -0.25) is 9.59 Å². The lowest BCUT2D eigenvalue weighted by Crippen LogP contribution is -2.23. The van der Waals surface area contributed by atoms with E-state index in [1.54, 1.807) is 24.3 Å². The van der Waals surface area contributed by atoms with E-state index in [1.807, 2.05) is 31.2 Å². The van der Waals surface area contributed by atoms with Crippen LogP contribution in [0.25, 0.3) is 0 Å². The molecule has 2 N–H and O–H groups in total. The van der Waals surface area contributed by atoms with Crippen LogP contribution in [0.5, 0.6) is 5.75 Å². The molecule has 3 rings (SSSR count). The first-order chi connectivity index (χ1) is 12.2. The van der Waals surface area contributed by atoms with Crippen molar-refractivity contribution in [3.8, 4) is 5.75 Å². The van der Waals surface area contributed by atoms with Gasteiger partial charge in [-0.1, -0.05) is 24.3 Å². The zero-order valence-electron chi connectivity index (χ0n) is 14.2. The number of anilines is 1. The zero-order chi connectivity index (χ0) is 17.6. The minimum Gasteiger partial charge on any atom is -0.493 e. The van der Waals surface area contributed by atoms with Crippen molar-refractivity contribution in [1.29, 1.82) is 0 Å². The van der Waals surface area contributed by atoms with Gasteiger partial charge in [-0.05, 0) is 49.1 Å². The maximum Gasteiger partial charge on any atom is 0.251 e. The second-order valence-electron chi connectivity index (χ2n) is 6.06. The molecule has 0 saturated carbocycles. The van der Waals surface area contributed by atoms with Crippen LogP contribution in [-0.4, -0.2) is 25.0 Å². The highest BCUT2D eigenvalue weighted by Crippen LogP contribution is 2.35. The number of amides is 2. The maximum atomic E-state index is 12.4. The molecule has 5 heteroatoms. The molecule has 1 aliphatic rings. The van der Waals surface area contributed by atoms with Gasteiger partial charge in [0.15, 0.2) is 0 Å². The first-order valence-electron chi connectivity index (χ1n) is 8.57. The molecule has 1 heterocycles. The van der Waals surface area contributed by atoms with E-state index in [2.05, 4.69) is 10.6 Å². The van der Waals surface area contributed by atoms with Crippen molar-refractivity contribution in [3.05, 3.63) is 59.7 Å². The van der Waals surface area contributed by atoms with Crippen LogP contribution in [0, 0.1) is 0 Å². The SMILES string of the molecule is CCNC(=O)c1cccc(NC(=O)CC2CCOc3ccccc32)c1. The number of para-hydroxylation sites is 1. The smallest absolute Gasteiger partial charge is 0.251 e. The molecule has 1 atom stereocenters.